The fourth-order valence-corrected chi connectivity index (χ4v) is 7.39. The third kappa shape index (κ3) is 4.38. The summed E-state index contributed by atoms with van der Waals surface area (Å²) in [6.45, 7) is 2.94. The lowest BCUT2D eigenvalue weighted by atomic mass is 10.0. The summed E-state index contributed by atoms with van der Waals surface area (Å²) in [5, 5.41) is 1.48. The number of aromatic nitrogens is 2. The highest BCUT2D eigenvalue weighted by Gasteiger charge is 2.26. The minimum absolute atomic E-state index is 0.0170. The van der Waals surface area contributed by atoms with Gasteiger partial charge in [-0.25, -0.2) is 4.98 Å². The van der Waals surface area contributed by atoms with E-state index in [2.05, 4.69) is 35.2 Å². The first-order valence-corrected chi connectivity index (χ1v) is 14.4. The Labute approximate surface area is 228 Å². The quantitative estimate of drug-likeness (QED) is 0.194. The molecule has 2 aliphatic rings. The van der Waals surface area contributed by atoms with E-state index in [0.29, 0.717) is 10.9 Å². The van der Waals surface area contributed by atoms with Crippen LogP contribution in [-0.4, -0.2) is 27.8 Å². The molecule has 38 heavy (non-hydrogen) atoms. The summed E-state index contributed by atoms with van der Waals surface area (Å²) < 4.78 is 12.8. The summed E-state index contributed by atoms with van der Waals surface area (Å²) in [6, 6.07) is 26.4. The zero-order valence-corrected chi connectivity index (χ0v) is 22.3. The number of hydrogen-bond acceptors (Lipinski definition) is 7. The van der Waals surface area contributed by atoms with E-state index in [0.717, 1.165) is 59.0 Å². The zero-order chi connectivity index (χ0) is 25.5. The maximum Gasteiger partial charge on any atom is 0.267 e. The van der Waals surface area contributed by atoms with E-state index in [1.807, 2.05) is 48.5 Å². The van der Waals surface area contributed by atoms with E-state index < -0.39 is 0 Å². The number of thioether (sulfide) groups is 1. The Bertz CT molecular complexity index is 1680. The standard InChI is InChI=1S/C30H25N3O3S2/c34-29-27-23-13-14-32(16-20-7-3-1-4-8-20)17-26(23)38-28(27)31-30(33(29)22-9-5-2-6-10-22)37-18-21-11-12-24-25(15-21)36-19-35-24/h1-12,15H,13-14,16-19H2. The van der Waals surface area contributed by atoms with Gasteiger partial charge in [0.25, 0.3) is 5.56 Å². The molecule has 8 heteroatoms. The number of benzene rings is 3. The van der Waals surface area contributed by atoms with Crippen molar-refractivity contribution in [3.05, 3.63) is 111 Å². The van der Waals surface area contributed by atoms with Gasteiger partial charge in [-0.3, -0.25) is 14.3 Å². The van der Waals surface area contributed by atoms with Crippen LogP contribution < -0.4 is 15.0 Å². The zero-order valence-electron chi connectivity index (χ0n) is 20.6. The molecule has 5 aromatic rings. The van der Waals surface area contributed by atoms with E-state index in [1.54, 1.807) is 27.7 Å². The highest BCUT2D eigenvalue weighted by atomic mass is 32.2. The van der Waals surface area contributed by atoms with Crippen molar-refractivity contribution in [2.24, 2.45) is 0 Å². The predicted molar refractivity (Wildman–Crippen MR) is 152 cm³/mol. The van der Waals surface area contributed by atoms with Crippen LogP contribution in [-0.2, 0) is 25.3 Å². The molecule has 0 radical (unpaired) electrons. The van der Waals surface area contributed by atoms with E-state index in [9.17, 15) is 4.79 Å². The molecular weight excluding hydrogens is 514 g/mol. The maximum atomic E-state index is 14.1. The lowest BCUT2D eigenvalue weighted by Gasteiger charge is -2.26. The van der Waals surface area contributed by atoms with Gasteiger partial charge in [0.15, 0.2) is 16.7 Å². The van der Waals surface area contributed by atoms with E-state index in [-0.39, 0.29) is 12.4 Å². The summed E-state index contributed by atoms with van der Waals surface area (Å²) in [4.78, 5) is 23.7. The van der Waals surface area contributed by atoms with E-state index in [1.165, 1.54) is 16.0 Å². The Morgan fingerprint density at radius 2 is 1.71 bits per heavy atom. The molecule has 6 nitrogen and oxygen atoms in total. The summed E-state index contributed by atoms with van der Waals surface area (Å²) >= 11 is 3.24. The number of para-hydroxylation sites is 1. The third-order valence-electron chi connectivity index (χ3n) is 6.99. The summed E-state index contributed by atoms with van der Waals surface area (Å²) in [5.74, 6) is 2.19. The average molecular weight is 540 g/mol. The first-order valence-electron chi connectivity index (χ1n) is 12.6. The summed E-state index contributed by atoms with van der Waals surface area (Å²) in [5.41, 5.74) is 4.42. The van der Waals surface area contributed by atoms with Crippen LogP contribution in [0.1, 0.15) is 21.6 Å². The number of hydrogen-bond donors (Lipinski definition) is 0. The van der Waals surface area contributed by atoms with Gasteiger partial charge in [-0.1, -0.05) is 66.4 Å². The molecule has 0 N–H and O–H groups in total. The Hall–Kier alpha value is -3.59. The normalized spacial score (nSPS) is 14.6. The van der Waals surface area contributed by atoms with Gasteiger partial charge in [0.2, 0.25) is 6.79 Å². The molecule has 0 bridgehead atoms. The molecule has 190 valence electrons. The molecular formula is C30H25N3O3S2. The lowest BCUT2D eigenvalue weighted by Crippen LogP contribution is -2.30. The van der Waals surface area contributed by atoms with Gasteiger partial charge in [0.1, 0.15) is 4.83 Å². The van der Waals surface area contributed by atoms with Gasteiger partial charge in [-0.15, -0.1) is 11.3 Å². The van der Waals surface area contributed by atoms with Gasteiger partial charge in [-0.2, -0.15) is 0 Å². The molecule has 2 aliphatic heterocycles. The highest BCUT2D eigenvalue weighted by molar-refractivity contribution is 7.98. The second-order valence-corrected chi connectivity index (χ2v) is 11.5. The van der Waals surface area contributed by atoms with E-state index in [4.69, 9.17) is 14.5 Å². The molecule has 0 saturated heterocycles. The Balaban J connectivity index is 1.25. The Morgan fingerprint density at radius 3 is 2.55 bits per heavy atom. The molecule has 0 atom stereocenters. The fraction of sp³-hybridized carbons (Fsp3) is 0.200. The molecule has 0 spiro atoms. The second-order valence-electron chi connectivity index (χ2n) is 9.48. The number of ether oxygens (including phenoxy) is 2. The first kappa shape index (κ1) is 23.5. The SMILES string of the molecule is O=c1c2c3c(sc2nc(SCc2ccc4c(c2)OCO4)n1-c1ccccc1)CN(Cc1ccccc1)CC3. The van der Waals surface area contributed by atoms with Crippen molar-refractivity contribution >= 4 is 33.3 Å². The third-order valence-corrected chi connectivity index (χ3v) is 9.11. The monoisotopic (exact) mass is 539 g/mol. The van der Waals surface area contributed by atoms with Crippen molar-refractivity contribution in [2.75, 3.05) is 13.3 Å². The van der Waals surface area contributed by atoms with Crippen LogP contribution >= 0.6 is 23.1 Å². The van der Waals surface area contributed by atoms with Crippen molar-refractivity contribution in [1.29, 1.82) is 0 Å². The topological polar surface area (TPSA) is 56.6 Å². The smallest absolute Gasteiger partial charge is 0.267 e. The number of fused-ring (bicyclic) bond motifs is 4. The predicted octanol–water partition coefficient (Wildman–Crippen LogP) is 6.03. The second kappa shape index (κ2) is 9.94. The van der Waals surface area contributed by atoms with Gasteiger partial charge in [0, 0.05) is 30.3 Å². The summed E-state index contributed by atoms with van der Waals surface area (Å²) in [7, 11) is 0. The van der Waals surface area contributed by atoms with Crippen molar-refractivity contribution in [3.63, 3.8) is 0 Å². The van der Waals surface area contributed by atoms with Crippen LogP contribution in [0.15, 0.2) is 88.8 Å². The molecule has 7 rings (SSSR count). The van der Waals surface area contributed by atoms with Crippen LogP contribution in [0.4, 0.5) is 0 Å². The van der Waals surface area contributed by atoms with Gasteiger partial charge in [0.05, 0.1) is 11.1 Å². The minimum Gasteiger partial charge on any atom is -0.454 e. The largest absolute Gasteiger partial charge is 0.454 e. The van der Waals surface area contributed by atoms with Gasteiger partial charge < -0.3 is 9.47 Å². The van der Waals surface area contributed by atoms with Crippen LogP contribution in [0, 0.1) is 0 Å². The van der Waals surface area contributed by atoms with Crippen LogP contribution in [0.5, 0.6) is 11.5 Å². The maximum absolute atomic E-state index is 14.1. The number of thiophene rings is 1. The van der Waals surface area contributed by atoms with Crippen molar-refractivity contribution in [2.45, 2.75) is 30.4 Å². The molecule has 0 saturated carbocycles. The fourth-order valence-electron chi connectivity index (χ4n) is 5.13. The molecule has 2 aromatic heterocycles. The Kier molecular flexibility index (Phi) is 6.15. The molecule has 0 fully saturated rings. The van der Waals surface area contributed by atoms with Crippen LogP contribution in [0.3, 0.4) is 0 Å². The first-order chi connectivity index (χ1) is 18.7. The van der Waals surface area contributed by atoms with Crippen molar-refractivity contribution in [1.82, 2.24) is 14.5 Å². The van der Waals surface area contributed by atoms with E-state index >= 15 is 0 Å². The van der Waals surface area contributed by atoms with Crippen molar-refractivity contribution in [3.8, 4) is 17.2 Å². The molecule has 0 aliphatic carbocycles. The summed E-state index contributed by atoms with van der Waals surface area (Å²) in [6.07, 6.45) is 0.859. The van der Waals surface area contributed by atoms with Gasteiger partial charge >= 0.3 is 0 Å². The van der Waals surface area contributed by atoms with Crippen molar-refractivity contribution < 1.29 is 9.47 Å². The molecule has 0 amide bonds. The lowest BCUT2D eigenvalue weighted by molar-refractivity contribution is 0.174. The minimum atomic E-state index is 0.0170. The van der Waals surface area contributed by atoms with Crippen LogP contribution in [0.25, 0.3) is 15.9 Å². The van der Waals surface area contributed by atoms with Gasteiger partial charge in [-0.05, 0) is 47.4 Å². The average Bonchev–Trinajstić information content (AvgIpc) is 3.57. The molecule has 4 heterocycles. The Morgan fingerprint density at radius 1 is 0.921 bits per heavy atom. The molecule has 0 unspecified atom stereocenters. The highest BCUT2D eigenvalue weighted by Crippen LogP contribution is 2.37. The number of rotatable bonds is 6. The van der Waals surface area contributed by atoms with Crippen LogP contribution in [0.2, 0.25) is 0 Å². The molecule has 3 aromatic carbocycles. The number of nitrogens with zero attached hydrogens (tertiary/aromatic N) is 3.